The zero-order valence-corrected chi connectivity index (χ0v) is 14.1. The minimum absolute atomic E-state index is 0. The number of ether oxygens (including phenoxy) is 1. The van der Waals surface area contributed by atoms with E-state index in [2.05, 4.69) is 36.6 Å². The Bertz CT molecular complexity index is 383. The summed E-state index contributed by atoms with van der Waals surface area (Å²) in [6, 6.07) is 10.8. The van der Waals surface area contributed by atoms with E-state index < -0.39 is 0 Å². The van der Waals surface area contributed by atoms with Gasteiger partial charge < -0.3 is 45.3 Å². The molecule has 0 aromatic heterocycles. The smallest absolute Gasteiger partial charge is 0.192 e. The first kappa shape index (κ1) is 20.6. The number of halogens is 2. The number of nitrogens with two attached hydrogens (primary N) is 2. The third-order valence-electron chi connectivity index (χ3n) is 3.82. The summed E-state index contributed by atoms with van der Waals surface area (Å²) in [4.78, 5) is 0. The molecule has 21 heavy (non-hydrogen) atoms. The maximum Gasteiger partial charge on any atom is 0.192 e. The first-order valence-electron chi connectivity index (χ1n) is 7.10. The van der Waals surface area contributed by atoms with E-state index in [0.29, 0.717) is 12.6 Å². The van der Waals surface area contributed by atoms with E-state index in [1.54, 1.807) is 0 Å². The molecule has 1 aromatic carbocycles. The second kappa shape index (κ2) is 9.62. The Balaban J connectivity index is 0.00000200. The van der Waals surface area contributed by atoms with Crippen molar-refractivity contribution in [1.29, 1.82) is 0 Å². The number of benzene rings is 1. The van der Waals surface area contributed by atoms with Crippen molar-refractivity contribution in [2.75, 3.05) is 26.3 Å². The van der Waals surface area contributed by atoms with Crippen LogP contribution in [0.5, 0.6) is 0 Å². The maximum atomic E-state index is 9.68. The maximum absolute atomic E-state index is 9.68. The van der Waals surface area contributed by atoms with E-state index in [1.165, 1.54) is 5.56 Å². The number of hydrogen-bond acceptors (Lipinski definition) is 2. The molecule has 0 aliphatic carbocycles. The molecule has 0 radical (unpaired) electrons. The van der Waals surface area contributed by atoms with Gasteiger partial charge in [-0.2, -0.15) is 0 Å². The highest BCUT2D eigenvalue weighted by atomic mass is 35.5. The van der Waals surface area contributed by atoms with Crippen molar-refractivity contribution >= 4 is 0 Å². The average molecular weight is 337 g/mol. The number of quaternary nitrogens is 2. The Morgan fingerprint density at radius 2 is 2.00 bits per heavy atom. The number of aliphatic hydroxyl groups is 1. The minimum atomic E-state index is -0.185. The molecule has 4 nitrogen and oxygen atoms in total. The van der Waals surface area contributed by atoms with Crippen molar-refractivity contribution in [2.45, 2.75) is 31.5 Å². The molecule has 0 bridgehead atoms. The van der Waals surface area contributed by atoms with Crippen molar-refractivity contribution in [3.05, 3.63) is 35.9 Å². The quantitative estimate of drug-likeness (QED) is 0.500. The fourth-order valence-corrected chi connectivity index (χ4v) is 2.44. The third-order valence-corrected chi connectivity index (χ3v) is 3.82. The predicted molar refractivity (Wildman–Crippen MR) is 73.7 cm³/mol. The molecule has 5 N–H and O–H groups in total. The van der Waals surface area contributed by atoms with Crippen molar-refractivity contribution in [3.8, 4) is 0 Å². The Morgan fingerprint density at radius 3 is 2.48 bits per heavy atom. The highest BCUT2D eigenvalue weighted by molar-refractivity contribution is 5.17. The van der Waals surface area contributed by atoms with Crippen LogP contribution < -0.4 is 35.4 Å². The molecule has 2 unspecified atom stereocenters. The Kier molecular flexibility index (Phi) is 9.45. The lowest BCUT2D eigenvalue weighted by Gasteiger charge is -2.35. The molecule has 6 heteroatoms. The molecule has 122 valence electrons. The number of morpholine rings is 1. The minimum Gasteiger partial charge on any atom is -1.00 e. The summed E-state index contributed by atoms with van der Waals surface area (Å²) in [5.74, 6) is 0. The molecule has 1 aliphatic heterocycles. The van der Waals surface area contributed by atoms with Crippen molar-refractivity contribution < 1.29 is 45.3 Å². The summed E-state index contributed by atoms with van der Waals surface area (Å²) in [6.07, 6.45) is 0.139. The molecule has 1 aromatic rings. The molecule has 1 aliphatic rings. The number of aliphatic hydroxyl groups excluding tert-OH is 1. The highest BCUT2D eigenvalue weighted by Crippen LogP contribution is 2.19. The lowest BCUT2D eigenvalue weighted by Crippen LogP contribution is -3.09. The SMILES string of the molecule is CC(C)[NH2+]CC1(CO)COC(c2ccccc2)C[NH2+]1.[Cl-].[Cl-]. The second-order valence-electron chi connectivity index (χ2n) is 5.85. The summed E-state index contributed by atoms with van der Waals surface area (Å²) in [7, 11) is 0. The summed E-state index contributed by atoms with van der Waals surface area (Å²) < 4.78 is 5.99. The van der Waals surface area contributed by atoms with E-state index in [0.717, 1.165) is 13.1 Å². The Hall–Kier alpha value is -0.360. The summed E-state index contributed by atoms with van der Waals surface area (Å²) in [5.41, 5.74) is 1.04. The summed E-state index contributed by atoms with van der Waals surface area (Å²) >= 11 is 0. The van der Waals surface area contributed by atoms with Crippen molar-refractivity contribution in [1.82, 2.24) is 0 Å². The van der Waals surface area contributed by atoms with Crippen LogP contribution in [-0.2, 0) is 4.74 Å². The van der Waals surface area contributed by atoms with Gasteiger partial charge in [0, 0.05) is 0 Å². The highest BCUT2D eigenvalue weighted by Gasteiger charge is 2.41. The molecule has 1 saturated heterocycles. The molecule has 0 amide bonds. The van der Waals surface area contributed by atoms with E-state index >= 15 is 0 Å². The monoisotopic (exact) mass is 336 g/mol. The van der Waals surface area contributed by atoms with Gasteiger partial charge in [0.05, 0.1) is 6.04 Å². The lowest BCUT2D eigenvalue weighted by molar-refractivity contribution is -0.804. The van der Waals surface area contributed by atoms with Gasteiger partial charge in [-0.25, -0.2) is 0 Å². The second-order valence-corrected chi connectivity index (χ2v) is 5.85. The standard InChI is InChI=1S/C15H24N2O2.2ClH/c1-12(2)16-9-15(10-18)11-19-14(8-17-15)13-6-4-3-5-7-13;;/h3-7,12,14,16-18H,8-11H2,1-2H3;2*1H. The van der Waals surface area contributed by atoms with E-state index in [1.807, 2.05) is 18.2 Å². The molecular formula is C15H26Cl2N2O2. The molecule has 2 rings (SSSR count). The van der Waals surface area contributed by atoms with Gasteiger partial charge in [-0.1, -0.05) is 30.3 Å². The zero-order chi connectivity index (χ0) is 13.7. The topological polar surface area (TPSA) is 62.7 Å². The number of rotatable bonds is 5. The lowest BCUT2D eigenvalue weighted by atomic mass is 9.97. The fourth-order valence-electron chi connectivity index (χ4n) is 2.44. The van der Waals surface area contributed by atoms with Crippen LogP contribution in [-0.4, -0.2) is 43.0 Å². The normalized spacial score (nSPS) is 25.0. The summed E-state index contributed by atoms with van der Waals surface area (Å²) in [5, 5.41) is 14.2. The van der Waals surface area contributed by atoms with Gasteiger partial charge in [-0.15, -0.1) is 0 Å². The molecule has 0 spiro atoms. The third kappa shape index (κ3) is 5.74. The van der Waals surface area contributed by atoms with Crippen LogP contribution in [0.3, 0.4) is 0 Å². The van der Waals surface area contributed by atoms with E-state index in [-0.39, 0.29) is 43.1 Å². The van der Waals surface area contributed by atoms with Crippen molar-refractivity contribution in [2.24, 2.45) is 0 Å². The van der Waals surface area contributed by atoms with Crippen LogP contribution in [0.1, 0.15) is 25.5 Å². The average Bonchev–Trinajstić information content (AvgIpc) is 2.47. The van der Waals surface area contributed by atoms with Gasteiger partial charge in [0.25, 0.3) is 0 Å². The van der Waals surface area contributed by atoms with Crippen LogP contribution in [0.15, 0.2) is 30.3 Å². The van der Waals surface area contributed by atoms with E-state index in [4.69, 9.17) is 4.74 Å². The van der Waals surface area contributed by atoms with Gasteiger partial charge in [-0.05, 0) is 19.4 Å². The first-order chi connectivity index (χ1) is 9.15. The molecular weight excluding hydrogens is 311 g/mol. The summed E-state index contributed by atoms with van der Waals surface area (Å²) in [6.45, 7) is 6.87. The van der Waals surface area contributed by atoms with Crippen LogP contribution in [0, 0.1) is 0 Å². The van der Waals surface area contributed by atoms with Crippen LogP contribution >= 0.6 is 0 Å². The van der Waals surface area contributed by atoms with Crippen LogP contribution in [0.4, 0.5) is 0 Å². The zero-order valence-electron chi connectivity index (χ0n) is 12.6. The first-order valence-corrected chi connectivity index (χ1v) is 7.10. The predicted octanol–water partition coefficient (Wildman–Crippen LogP) is -6.97. The number of hydrogen-bond donors (Lipinski definition) is 3. The molecule has 2 atom stereocenters. The van der Waals surface area contributed by atoms with Crippen molar-refractivity contribution in [3.63, 3.8) is 0 Å². The van der Waals surface area contributed by atoms with Gasteiger partial charge >= 0.3 is 0 Å². The van der Waals surface area contributed by atoms with Crippen LogP contribution in [0.2, 0.25) is 0 Å². The van der Waals surface area contributed by atoms with Gasteiger partial charge in [0.15, 0.2) is 5.54 Å². The largest absolute Gasteiger partial charge is 1.00 e. The Labute approximate surface area is 139 Å². The molecule has 0 saturated carbocycles. The Morgan fingerprint density at radius 1 is 1.33 bits per heavy atom. The van der Waals surface area contributed by atoms with Crippen LogP contribution in [0.25, 0.3) is 0 Å². The van der Waals surface area contributed by atoms with Gasteiger partial charge in [0.1, 0.15) is 32.4 Å². The van der Waals surface area contributed by atoms with E-state index in [9.17, 15) is 5.11 Å². The molecule has 1 heterocycles. The van der Waals surface area contributed by atoms with Gasteiger partial charge in [-0.3, -0.25) is 0 Å². The molecule has 1 fully saturated rings. The van der Waals surface area contributed by atoms with Gasteiger partial charge in [0.2, 0.25) is 0 Å². The fraction of sp³-hybridized carbons (Fsp3) is 0.600.